The van der Waals surface area contributed by atoms with Gasteiger partial charge >= 0.3 is 5.97 Å². The average Bonchev–Trinajstić information content (AvgIpc) is 2.35. The third-order valence-corrected chi connectivity index (χ3v) is 3.18. The molecule has 4 nitrogen and oxygen atoms in total. The third-order valence-electron chi connectivity index (χ3n) is 2.20. The molecule has 3 N–H and O–H groups in total. The number of benzene rings is 1. The summed E-state index contributed by atoms with van der Waals surface area (Å²) in [5.74, 6) is 0.779. The van der Waals surface area contributed by atoms with Crippen LogP contribution in [0.25, 0.3) is 0 Å². The summed E-state index contributed by atoms with van der Waals surface area (Å²) in [5.41, 5.74) is 5.36. The molecule has 100 valence electrons. The molecule has 0 bridgehead atoms. The normalized spacial score (nSPS) is 12.1. The number of ether oxygens (including phenoxy) is 1. The first-order valence-corrected chi connectivity index (χ1v) is 6.69. The highest BCUT2D eigenvalue weighted by molar-refractivity contribution is 7.99. The molecule has 0 saturated carbocycles. The molecular formula is C12H16FNO3S. The number of halogens is 1. The number of carboxylic acids is 1. The number of hydrogen-bond acceptors (Lipinski definition) is 4. The van der Waals surface area contributed by atoms with E-state index in [4.69, 9.17) is 15.6 Å². The topological polar surface area (TPSA) is 72.5 Å². The van der Waals surface area contributed by atoms with E-state index in [-0.39, 0.29) is 5.82 Å². The molecule has 0 aliphatic heterocycles. The molecule has 18 heavy (non-hydrogen) atoms. The number of carboxylic acid groups (broad SMARTS) is 1. The predicted octanol–water partition coefficient (Wildman–Crippen LogP) is 1.74. The first kappa shape index (κ1) is 14.8. The van der Waals surface area contributed by atoms with Gasteiger partial charge in [-0.15, -0.1) is 0 Å². The van der Waals surface area contributed by atoms with E-state index in [2.05, 4.69) is 0 Å². The van der Waals surface area contributed by atoms with Gasteiger partial charge < -0.3 is 15.6 Å². The molecule has 1 unspecified atom stereocenters. The van der Waals surface area contributed by atoms with Crippen molar-refractivity contribution in [3.63, 3.8) is 0 Å². The van der Waals surface area contributed by atoms with E-state index in [1.807, 2.05) is 0 Å². The summed E-state index contributed by atoms with van der Waals surface area (Å²) >= 11 is 1.58. The van der Waals surface area contributed by atoms with E-state index in [0.29, 0.717) is 24.5 Å². The maximum Gasteiger partial charge on any atom is 0.320 e. The van der Waals surface area contributed by atoms with E-state index >= 15 is 0 Å². The lowest BCUT2D eigenvalue weighted by Crippen LogP contribution is -2.30. The lowest BCUT2D eigenvalue weighted by Gasteiger charge is -2.07. The molecule has 1 rings (SSSR count). The summed E-state index contributed by atoms with van der Waals surface area (Å²) in [6.45, 7) is 0.499. The number of thioether (sulfide) groups is 1. The maximum atomic E-state index is 12.6. The van der Waals surface area contributed by atoms with Gasteiger partial charge in [-0.3, -0.25) is 4.79 Å². The van der Waals surface area contributed by atoms with Gasteiger partial charge in [0.1, 0.15) is 17.6 Å². The van der Waals surface area contributed by atoms with Crippen molar-refractivity contribution >= 4 is 17.7 Å². The first-order chi connectivity index (χ1) is 8.59. The fourth-order valence-electron chi connectivity index (χ4n) is 1.19. The van der Waals surface area contributed by atoms with Crippen molar-refractivity contribution in [1.29, 1.82) is 0 Å². The molecule has 0 heterocycles. The summed E-state index contributed by atoms with van der Waals surface area (Å²) in [6.07, 6.45) is 0.441. The quantitative estimate of drug-likeness (QED) is 0.706. The molecule has 1 aromatic rings. The zero-order chi connectivity index (χ0) is 13.4. The van der Waals surface area contributed by atoms with E-state index in [1.165, 1.54) is 12.1 Å². The Morgan fingerprint density at radius 2 is 2.06 bits per heavy atom. The molecule has 0 aliphatic carbocycles. The summed E-state index contributed by atoms with van der Waals surface area (Å²) in [5, 5.41) is 8.57. The molecule has 0 aliphatic rings. The van der Waals surface area contributed by atoms with Gasteiger partial charge in [-0.05, 0) is 36.4 Å². The molecule has 0 fully saturated rings. The minimum atomic E-state index is -0.974. The summed E-state index contributed by atoms with van der Waals surface area (Å²) in [4.78, 5) is 10.4. The van der Waals surface area contributed by atoms with E-state index in [1.54, 1.807) is 23.9 Å². The van der Waals surface area contributed by atoms with Crippen LogP contribution in [-0.4, -0.2) is 35.2 Å². The Morgan fingerprint density at radius 1 is 1.39 bits per heavy atom. The first-order valence-electron chi connectivity index (χ1n) is 5.54. The van der Waals surface area contributed by atoms with Crippen LogP contribution in [0.2, 0.25) is 0 Å². The molecule has 0 aromatic heterocycles. The Balaban J connectivity index is 2.05. The van der Waals surface area contributed by atoms with Crippen molar-refractivity contribution in [3.8, 4) is 5.75 Å². The standard InChI is InChI=1S/C12H16FNO3S/c13-9-1-3-10(4-2-9)17-6-8-18-7-5-11(14)12(15)16/h1-4,11H,5-8,14H2,(H,15,16). The molecular weight excluding hydrogens is 257 g/mol. The average molecular weight is 273 g/mol. The third kappa shape index (κ3) is 5.88. The Bertz CT molecular complexity index is 372. The number of nitrogens with two attached hydrogens (primary N) is 1. The van der Waals surface area contributed by atoms with Gasteiger partial charge in [0, 0.05) is 5.75 Å². The van der Waals surface area contributed by atoms with Gasteiger partial charge in [0.25, 0.3) is 0 Å². The van der Waals surface area contributed by atoms with Gasteiger partial charge in [0.05, 0.1) is 6.61 Å². The molecule has 0 saturated heterocycles. The second-order valence-electron chi connectivity index (χ2n) is 3.65. The van der Waals surface area contributed by atoms with Crippen LogP contribution in [0.5, 0.6) is 5.75 Å². The number of carbonyl (C=O) groups is 1. The van der Waals surface area contributed by atoms with Crippen LogP contribution in [0, 0.1) is 5.82 Å². The Labute approximate surface area is 109 Å². The minimum Gasteiger partial charge on any atom is -0.493 e. The molecule has 0 radical (unpaired) electrons. The maximum absolute atomic E-state index is 12.6. The van der Waals surface area contributed by atoms with Crippen LogP contribution in [-0.2, 0) is 4.79 Å². The van der Waals surface area contributed by atoms with Gasteiger partial charge in [0.15, 0.2) is 0 Å². The molecule has 6 heteroatoms. The second kappa shape index (κ2) is 7.94. The highest BCUT2D eigenvalue weighted by atomic mass is 32.2. The van der Waals surface area contributed by atoms with Gasteiger partial charge in [-0.1, -0.05) is 0 Å². The van der Waals surface area contributed by atoms with Crippen molar-refractivity contribution in [2.24, 2.45) is 5.73 Å². The molecule has 1 atom stereocenters. The largest absolute Gasteiger partial charge is 0.493 e. The van der Waals surface area contributed by atoms with Crippen molar-refractivity contribution in [3.05, 3.63) is 30.1 Å². The fraction of sp³-hybridized carbons (Fsp3) is 0.417. The lowest BCUT2D eigenvalue weighted by molar-refractivity contribution is -0.138. The molecule has 0 amide bonds. The lowest BCUT2D eigenvalue weighted by atomic mass is 10.2. The summed E-state index contributed by atoms with van der Waals surface area (Å²) in [7, 11) is 0. The Morgan fingerprint density at radius 3 is 2.67 bits per heavy atom. The van der Waals surface area contributed by atoms with Crippen LogP contribution in [0.15, 0.2) is 24.3 Å². The summed E-state index contributed by atoms with van der Waals surface area (Å²) in [6, 6.07) is 5.03. The zero-order valence-electron chi connectivity index (χ0n) is 9.84. The summed E-state index contributed by atoms with van der Waals surface area (Å²) < 4.78 is 18.0. The second-order valence-corrected chi connectivity index (χ2v) is 4.87. The van der Waals surface area contributed by atoms with Crippen LogP contribution < -0.4 is 10.5 Å². The highest BCUT2D eigenvalue weighted by Gasteiger charge is 2.09. The van der Waals surface area contributed by atoms with Crippen molar-refractivity contribution in [2.75, 3.05) is 18.1 Å². The fourth-order valence-corrected chi connectivity index (χ4v) is 2.01. The van der Waals surface area contributed by atoms with Gasteiger partial charge in [-0.25, -0.2) is 4.39 Å². The van der Waals surface area contributed by atoms with Crippen molar-refractivity contribution < 1.29 is 19.0 Å². The minimum absolute atomic E-state index is 0.292. The Kier molecular flexibility index (Phi) is 6.53. The molecule has 0 spiro atoms. The molecule has 1 aromatic carbocycles. The Hall–Kier alpha value is -1.27. The van der Waals surface area contributed by atoms with Crippen LogP contribution in [0.4, 0.5) is 4.39 Å². The smallest absolute Gasteiger partial charge is 0.320 e. The zero-order valence-corrected chi connectivity index (χ0v) is 10.7. The van der Waals surface area contributed by atoms with Gasteiger partial charge in [-0.2, -0.15) is 11.8 Å². The number of hydrogen-bond donors (Lipinski definition) is 2. The van der Waals surface area contributed by atoms with E-state index < -0.39 is 12.0 Å². The monoisotopic (exact) mass is 273 g/mol. The van der Waals surface area contributed by atoms with E-state index in [9.17, 15) is 9.18 Å². The highest BCUT2D eigenvalue weighted by Crippen LogP contribution is 2.12. The van der Waals surface area contributed by atoms with Crippen molar-refractivity contribution in [2.45, 2.75) is 12.5 Å². The number of rotatable bonds is 8. The van der Waals surface area contributed by atoms with Crippen LogP contribution >= 0.6 is 11.8 Å². The van der Waals surface area contributed by atoms with Crippen LogP contribution in [0.3, 0.4) is 0 Å². The number of aliphatic carboxylic acids is 1. The van der Waals surface area contributed by atoms with E-state index in [0.717, 1.165) is 5.75 Å². The predicted molar refractivity (Wildman–Crippen MR) is 69.4 cm³/mol. The van der Waals surface area contributed by atoms with Crippen molar-refractivity contribution in [1.82, 2.24) is 0 Å². The SMILES string of the molecule is NC(CCSCCOc1ccc(F)cc1)C(=O)O. The van der Waals surface area contributed by atoms with Crippen LogP contribution in [0.1, 0.15) is 6.42 Å². The van der Waals surface area contributed by atoms with Gasteiger partial charge in [0.2, 0.25) is 0 Å².